The predicted molar refractivity (Wildman–Crippen MR) is 126 cm³/mol. The van der Waals surface area contributed by atoms with Gasteiger partial charge in [0, 0.05) is 55.8 Å². The monoisotopic (exact) mass is 420 g/mol. The maximum absolute atomic E-state index is 5.44. The molecule has 1 fully saturated rings. The summed E-state index contributed by atoms with van der Waals surface area (Å²) >= 11 is 0. The number of ether oxygens (including phenoxy) is 2. The molecule has 31 heavy (non-hydrogen) atoms. The van der Waals surface area contributed by atoms with Crippen LogP contribution in [-0.2, 0) is 6.42 Å². The highest BCUT2D eigenvalue weighted by Crippen LogP contribution is 2.32. The topological polar surface area (TPSA) is 61.9 Å². The number of rotatable bonds is 7. The van der Waals surface area contributed by atoms with Gasteiger partial charge in [-0.1, -0.05) is 18.2 Å². The molecule has 0 amide bonds. The molecule has 0 spiro atoms. The van der Waals surface area contributed by atoms with Crippen LogP contribution in [0.4, 0.5) is 0 Å². The van der Waals surface area contributed by atoms with Crippen molar-refractivity contribution >= 4 is 16.9 Å². The molecule has 6 heteroatoms. The standard InChI is InChI=1S/C25H32N4O2/c1-26-25(27-11-6-7-18-16-28-24-9-5-4-8-23(18)24)29-12-10-19(17-29)20-13-21(30-2)15-22(14-20)31-3/h4-5,8-9,13-16,19,28H,6-7,10-12,17H2,1-3H3,(H,26,27). The van der Waals surface area contributed by atoms with Crippen molar-refractivity contribution in [2.75, 3.05) is 40.9 Å². The first-order chi connectivity index (χ1) is 15.2. The molecular weight excluding hydrogens is 388 g/mol. The number of methoxy groups -OCH3 is 2. The zero-order valence-corrected chi connectivity index (χ0v) is 18.6. The van der Waals surface area contributed by atoms with Gasteiger partial charge in [-0.2, -0.15) is 0 Å². The Morgan fingerprint density at radius 3 is 2.68 bits per heavy atom. The number of H-pyrrole nitrogens is 1. The Morgan fingerprint density at radius 2 is 1.94 bits per heavy atom. The Bertz CT molecular complexity index is 1020. The second-order valence-electron chi connectivity index (χ2n) is 8.01. The van der Waals surface area contributed by atoms with Crippen molar-refractivity contribution in [2.45, 2.75) is 25.2 Å². The summed E-state index contributed by atoms with van der Waals surface area (Å²) in [6, 6.07) is 14.6. The predicted octanol–water partition coefficient (Wildman–Crippen LogP) is 4.18. The van der Waals surface area contributed by atoms with Crippen LogP contribution in [0.3, 0.4) is 0 Å². The Balaban J connectivity index is 1.31. The van der Waals surface area contributed by atoms with Gasteiger partial charge < -0.3 is 24.7 Å². The van der Waals surface area contributed by atoms with Crippen molar-refractivity contribution < 1.29 is 9.47 Å². The van der Waals surface area contributed by atoms with Gasteiger partial charge in [-0.3, -0.25) is 4.99 Å². The number of aliphatic imine (C=N–C) groups is 1. The first-order valence-electron chi connectivity index (χ1n) is 11.0. The molecule has 1 atom stereocenters. The molecule has 2 N–H and O–H groups in total. The number of fused-ring (bicyclic) bond motifs is 1. The van der Waals surface area contributed by atoms with Crippen LogP contribution in [0.2, 0.25) is 0 Å². The molecule has 1 aliphatic heterocycles. The molecule has 0 aliphatic carbocycles. The van der Waals surface area contributed by atoms with Crippen LogP contribution in [0, 0.1) is 0 Å². The average Bonchev–Trinajstić information content (AvgIpc) is 3.46. The van der Waals surface area contributed by atoms with Crippen LogP contribution in [0.15, 0.2) is 53.7 Å². The molecule has 6 nitrogen and oxygen atoms in total. The second-order valence-corrected chi connectivity index (χ2v) is 8.01. The molecule has 4 rings (SSSR count). The van der Waals surface area contributed by atoms with E-state index in [9.17, 15) is 0 Å². The van der Waals surface area contributed by atoms with E-state index >= 15 is 0 Å². The number of aryl methyl sites for hydroxylation is 1. The largest absolute Gasteiger partial charge is 0.497 e. The van der Waals surface area contributed by atoms with Crippen LogP contribution in [0.1, 0.15) is 29.9 Å². The Labute approximate surface area is 184 Å². The lowest BCUT2D eigenvalue weighted by Gasteiger charge is -2.22. The maximum Gasteiger partial charge on any atom is 0.193 e. The van der Waals surface area contributed by atoms with Gasteiger partial charge in [-0.15, -0.1) is 0 Å². The summed E-state index contributed by atoms with van der Waals surface area (Å²) in [5, 5.41) is 4.88. The van der Waals surface area contributed by atoms with E-state index in [2.05, 4.69) is 62.8 Å². The lowest BCUT2D eigenvalue weighted by Crippen LogP contribution is -2.40. The third-order valence-electron chi connectivity index (χ3n) is 6.13. The number of guanidine groups is 1. The number of likely N-dealkylation sites (tertiary alicyclic amines) is 1. The fourth-order valence-corrected chi connectivity index (χ4v) is 4.44. The van der Waals surface area contributed by atoms with Gasteiger partial charge in [0.15, 0.2) is 5.96 Å². The normalized spacial score (nSPS) is 16.7. The number of para-hydroxylation sites is 1. The quantitative estimate of drug-likeness (QED) is 0.342. The lowest BCUT2D eigenvalue weighted by atomic mass is 9.98. The minimum Gasteiger partial charge on any atom is -0.497 e. The smallest absolute Gasteiger partial charge is 0.193 e. The third-order valence-corrected chi connectivity index (χ3v) is 6.13. The average molecular weight is 421 g/mol. The summed E-state index contributed by atoms with van der Waals surface area (Å²) in [6.07, 6.45) is 5.32. The van der Waals surface area contributed by atoms with E-state index in [0.29, 0.717) is 5.92 Å². The minimum atomic E-state index is 0.439. The Hall–Kier alpha value is -3.15. The van der Waals surface area contributed by atoms with E-state index in [1.807, 2.05) is 13.1 Å². The Morgan fingerprint density at radius 1 is 1.16 bits per heavy atom. The zero-order valence-electron chi connectivity index (χ0n) is 18.6. The second kappa shape index (κ2) is 9.77. The van der Waals surface area contributed by atoms with Gasteiger partial charge in [-0.05, 0) is 48.6 Å². The fourth-order valence-electron chi connectivity index (χ4n) is 4.44. The van der Waals surface area contributed by atoms with Gasteiger partial charge in [0.2, 0.25) is 0 Å². The summed E-state index contributed by atoms with van der Waals surface area (Å²) in [5.74, 6) is 3.10. The number of hydrogen-bond donors (Lipinski definition) is 2. The fraction of sp³-hybridized carbons (Fsp3) is 0.400. The van der Waals surface area contributed by atoms with Gasteiger partial charge in [-0.25, -0.2) is 0 Å². The van der Waals surface area contributed by atoms with Crippen molar-refractivity contribution in [1.82, 2.24) is 15.2 Å². The van der Waals surface area contributed by atoms with E-state index in [1.165, 1.54) is 22.0 Å². The van der Waals surface area contributed by atoms with Crippen LogP contribution in [0.25, 0.3) is 10.9 Å². The Kier molecular flexibility index (Phi) is 6.65. The molecule has 0 saturated carbocycles. The van der Waals surface area contributed by atoms with Crippen molar-refractivity contribution in [2.24, 2.45) is 4.99 Å². The van der Waals surface area contributed by atoms with E-state index in [0.717, 1.165) is 56.4 Å². The summed E-state index contributed by atoms with van der Waals surface area (Å²) in [4.78, 5) is 10.2. The molecule has 0 bridgehead atoms. The molecule has 1 unspecified atom stereocenters. The van der Waals surface area contributed by atoms with Gasteiger partial charge in [0.05, 0.1) is 14.2 Å². The van der Waals surface area contributed by atoms with Crippen LogP contribution in [0.5, 0.6) is 11.5 Å². The molecule has 2 aromatic carbocycles. The number of aromatic nitrogens is 1. The number of aromatic amines is 1. The summed E-state index contributed by atoms with van der Waals surface area (Å²) in [7, 11) is 5.26. The van der Waals surface area contributed by atoms with Gasteiger partial charge in [0.25, 0.3) is 0 Å². The molecule has 2 heterocycles. The van der Waals surface area contributed by atoms with Gasteiger partial charge >= 0.3 is 0 Å². The summed E-state index contributed by atoms with van der Waals surface area (Å²) in [5.41, 5.74) is 3.84. The van der Waals surface area contributed by atoms with Crippen molar-refractivity contribution in [3.8, 4) is 11.5 Å². The van der Waals surface area contributed by atoms with Crippen LogP contribution < -0.4 is 14.8 Å². The molecule has 164 valence electrons. The maximum atomic E-state index is 5.44. The van der Waals surface area contributed by atoms with E-state index < -0.39 is 0 Å². The van der Waals surface area contributed by atoms with E-state index in [4.69, 9.17) is 9.47 Å². The first-order valence-corrected chi connectivity index (χ1v) is 11.0. The minimum absolute atomic E-state index is 0.439. The number of benzene rings is 2. The first kappa shape index (κ1) is 21.1. The third kappa shape index (κ3) is 4.79. The van der Waals surface area contributed by atoms with Crippen LogP contribution >= 0.6 is 0 Å². The van der Waals surface area contributed by atoms with Crippen LogP contribution in [-0.4, -0.2) is 56.7 Å². The number of nitrogens with one attached hydrogen (secondary N) is 2. The molecule has 1 saturated heterocycles. The molecule has 1 aromatic heterocycles. The van der Waals surface area contributed by atoms with E-state index in [-0.39, 0.29) is 0 Å². The van der Waals surface area contributed by atoms with E-state index in [1.54, 1.807) is 14.2 Å². The SMILES string of the molecule is CN=C(NCCCc1c[nH]c2ccccc12)N1CCC(c2cc(OC)cc(OC)c2)C1. The van der Waals surface area contributed by atoms with Gasteiger partial charge in [0.1, 0.15) is 11.5 Å². The number of nitrogens with zero attached hydrogens (tertiary/aromatic N) is 2. The molecule has 1 aliphatic rings. The highest BCUT2D eigenvalue weighted by atomic mass is 16.5. The summed E-state index contributed by atoms with van der Waals surface area (Å²) in [6.45, 7) is 2.84. The molecular formula is C25H32N4O2. The van der Waals surface area contributed by atoms with Crippen molar-refractivity contribution in [3.63, 3.8) is 0 Å². The highest BCUT2D eigenvalue weighted by Gasteiger charge is 2.26. The number of hydrogen-bond acceptors (Lipinski definition) is 3. The summed E-state index contributed by atoms with van der Waals surface area (Å²) < 4.78 is 10.9. The highest BCUT2D eigenvalue weighted by molar-refractivity contribution is 5.83. The molecule has 0 radical (unpaired) electrons. The molecule has 3 aromatic rings. The lowest BCUT2D eigenvalue weighted by molar-refractivity contribution is 0.392. The zero-order chi connectivity index (χ0) is 21.6. The van der Waals surface area contributed by atoms with Crippen molar-refractivity contribution in [3.05, 3.63) is 59.8 Å². The van der Waals surface area contributed by atoms with Crippen molar-refractivity contribution in [1.29, 1.82) is 0 Å².